The minimum absolute atomic E-state index is 0.00580. The summed E-state index contributed by atoms with van der Waals surface area (Å²) in [6, 6.07) is 17.4. The Kier molecular flexibility index (Phi) is 3.00. The highest BCUT2D eigenvalue weighted by molar-refractivity contribution is 6.10. The van der Waals surface area contributed by atoms with E-state index in [0.29, 0.717) is 5.56 Å². The molecule has 0 amide bonds. The molecule has 2 aromatic carbocycles. The molecule has 0 unspecified atom stereocenters. The summed E-state index contributed by atoms with van der Waals surface area (Å²) < 4.78 is 0. The Labute approximate surface area is 128 Å². The molecule has 2 aliphatic heterocycles. The first kappa shape index (κ1) is 12.8. The number of amidine groups is 1. The molecule has 0 aliphatic carbocycles. The molecule has 4 heteroatoms. The van der Waals surface area contributed by atoms with Crippen molar-refractivity contribution in [1.29, 1.82) is 0 Å². The molecule has 2 aliphatic rings. The van der Waals surface area contributed by atoms with Gasteiger partial charge in [0.05, 0.1) is 12.2 Å². The highest BCUT2D eigenvalue weighted by Gasteiger charge is 2.29. The van der Waals surface area contributed by atoms with E-state index in [9.17, 15) is 4.79 Å². The van der Waals surface area contributed by atoms with Crippen LogP contribution in [0.4, 0.5) is 5.69 Å². The van der Waals surface area contributed by atoms with Gasteiger partial charge in [0.2, 0.25) is 0 Å². The number of carbonyl (C=O) groups is 1. The van der Waals surface area contributed by atoms with Crippen LogP contribution >= 0.6 is 0 Å². The monoisotopic (exact) mass is 289 g/mol. The molecule has 0 fully saturated rings. The fraction of sp³-hybridized carbons (Fsp3) is 0.111. The molecule has 2 aromatic rings. The van der Waals surface area contributed by atoms with E-state index in [4.69, 9.17) is 0 Å². The Balaban J connectivity index is 1.73. The predicted molar refractivity (Wildman–Crippen MR) is 87.0 cm³/mol. The van der Waals surface area contributed by atoms with Gasteiger partial charge in [-0.25, -0.2) is 0 Å². The number of anilines is 1. The van der Waals surface area contributed by atoms with Crippen LogP contribution < -0.4 is 5.32 Å². The van der Waals surface area contributed by atoms with Gasteiger partial charge >= 0.3 is 0 Å². The van der Waals surface area contributed by atoms with Crippen LogP contribution in [0.5, 0.6) is 0 Å². The molecule has 4 nitrogen and oxygen atoms in total. The van der Waals surface area contributed by atoms with Crippen LogP contribution in [0.25, 0.3) is 0 Å². The summed E-state index contributed by atoms with van der Waals surface area (Å²) in [7, 11) is 0. The SMILES string of the molecule is O=C(/C=C1\Nc2ccccc2C2=NCCN21)c1ccccc1. The molecule has 22 heavy (non-hydrogen) atoms. The molecule has 0 saturated carbocycles. The molecule has 108 valence electrons. The molecule has 0 bridgehead atoms. The Morgan fingerprint density at radius 3 is 2.73 bits per heavy atom. The van der Waals surface area contributed by atoms with E-state index in [0.717, 1.165) is 36.0 Å². The molecule has 0 radical (unpaired) electrons. The first-order chi connectivity index (χ1) is 10.8. The fourth-order valence-electron chi connectivity index (χ4n) is 2.83. The van der Waals surface area contributed by atoms with E-state index in [1.54, 1.807) is 6.08 Å². The van der Waals surface area contributed by atoms with E-state index >= 15 is 0 Å². The number of aliphatic imine (C=N–C) groups is 1. The number of fused-ring (bicyclic) bond motifs is 3. The van der Waals surface area contributed by atoms with Crippen molar-refractivity contribution in [3.05, 3.63) is 77.6 Å². The van der Waals surface area contributed by atoms with Crippen LogP contribution in [0.2, 0.25) is 0 Å². The van der Waals surface area contributed by atoms with Gasteiger partial charge in [-0.05, 0) is 12.1 Å². The molecule has 0 aromatic heterocycles. The summed E-state index contributed by atoms with van der Waals surface area (Å²) >= 11 is 0. The van der Waals surface area contributed by atoms with Gasteiger partial charge in [-0.15, -0.1) is 0 Å². The molecule has 2 heterocycles. The molecular formula is C18H15N3O. The Morgan fingerprint density at radius 1 is 1.09 bits per heavy atom. The van der Waals surface area contributed by atoms with Crippen molar-refractivity contribution >= 4 is 17.3 Å². The van der Waals surface area contributed by atoms with Gasteiger partial charge in [0.1, 0.15) is 11.7 Å². The van der Waals surface area contributed by atoms with Crippen molar-refractivity contribution in [2.24, 2.45) is 4.99 Å². The topological polar surface area (TPSA) is 44.7 Å². The molecular weight excluding hydrogens is 274 g/mol. The summed E-state index contributed by atoms with van der Waals surface area (Å²) in [5, 5.41) is 3.35. The summed E-state index contributed by atoms with van der Waals surface area (Å²) in [4.78, 5) is 19.1. The second kappa shape index (κ2) is 5.15. The number of carbonyl (C=O) groups excluding carboxylic acids is 1. The summed E-state index contributed by atoms with van der Waals surface area (Å²) in [6.07, 6.45) is 1.66. The van der Waals surface area contributed by atoms with E-state index in [2.05, 4.69) is 21.3 Å². The first-order valence-corrected chi connectivity index (χ1v) is 7.32. The maximum absolute atomic E-state index is 12.4. The Bertz CT molecular complexity index is 793. The predicted octanol–water partition coefficient (Wildman–Crippen LogP) is 2.90. The third-order valence-corrected chi connectivity index (χ3v) is 3.89. The van der Waals surface area contributed by atoms with Gasteiger partial charge in [0.15, 0.2) is 5.78 Å². The van der Waals surface area contributed by atoms with Gasteiger partial charge in [-0.3, -0.25) is 9.79 Å². The van der Waals surface area contributed by atoms with Crippen molar-refractivity contribution in [2.45, 2.75) is 0 Å². The lowest BCUT2D eigenvalue weighted by molar-refractivity contribution is 0.104. The average Bonchev–Trinajstić information content (AvgIpc) is 3.06. The number of allylic oxidation sites excluding steroid dienone is 1. The van der Waals surface area contributed by atoms with Crippen molar-refractivity contribution in [3.63, 3.8) is 0 Å². The minimum Gasteiger partial charge on any atom is -0.341 e. The smallest absolute Gasteiger partial charge is 0.189 e. The largest absolute Gasteiger partial charge is 0.341 e. The summed E-state index contributed by atoms with van der Waals surface area (Å²) in [6.45, 7) is 1.55. The van der Waals surface area contributed by atoms with Gasteiger partial charge in [0.25, 0.3) is 0 Å². The first-order valence-electron chi connectivity index (χ1n) is 7.32. The number of ketones is 1. The molecule has 4 rings (SSSR count). The summed E-state index contributed by atoms with van der Waals surface area (Å²) in [5.41, 5.74) is 2.77. The van der Waals surface area contributed by atoms with E-state index in [1.807, 2.05) is 48.5 Å². The van der Waals surface area contributed by atoms with Crippen LogP contribution in [-0.4, -0.2) is 29.6 Å². The third kappa shape index (κ3) is 2.09. The average molecular weight is 289 g/mol. The lowest BCUT2D eigenvalue weighted by Crippen LogP contribution is -2.36. The van der Waals surface area contributed by atoms with Crippen LogP contribution in [0.1, 0.15) is 15.9 Å². The Hall–Kier alpha value is -2.88. The molecule has 0 saturated heterocycles. The number of hydrogen-bond donors (Lipinski definition) is 1. The summed E-state index contributed by atoms with van der Waals surface area (Å²) in [5.74, 6) is 1.74. The zero-order valence-electron chi connectivity index (χ0n) is 12.0. The lowest BCUT2D eigenvalue weighted by atomic mass is 10.1. The van der Waals surface area contributed by atoms with Crippen molar-refractivity contribution in [2.75, 3.05) is 18.4 Å². The number of hydrogen-bond acceptors (Lipinski definition) is 4. The lowest BCUT2D eigenvalue weighted by Gasteiger charge is -2.31. The zero-order valence-corrected chi connectivity index (χ0v) is 12.0. The zero-order chi connectivity index (χ0) is 14.9. The van der Waals surface area contributed by atoms with Crippen LogP contribution in [-0.2, 0) is 0 Å². The number of benzene rings is 2. The van der Waals surface area contributed by atoms with Crippen LogP contribution in [0.15, 0.2) is 71.5 Å². The quantitative estimate of drug-likeness (QED) is 0.683. The van der Waals surface area contributed by atoms with Crippen LogP contribution in [0, 0.1) is 0 Å². The number of nitrogens with zero attached hydrogens (tertiary/aromatic N) is 2. The van der Waals surface area contributed by atoms with E-state index in [1.165, 1.54) is 0 Å². The van der Waals surface area contributed by atoms with Crippen LogP contribution in [0.3, 0.4) is 0 Å². The number of para-hydroxylation sites is 1. The van der Waals surface area contributed by atoms with E-state index in [-0.39, 0.29) is 5.78 Å². The maximum Gasteiger partial charge on any atom is 0.189 e. The molecule has 0 atom stereocenters. The normalized spacial score (nSPS) is 17.5. The fourth-order valence-corrected chi connectivity index (χ4v) is 2.83. The minimum atomic E-state index is -0.00580. The second-order valence-electron chi connectivity index (χ2n) is 5.29. The van der Waals surface area contributed by atoms with Crippen molar-refractivity contribution in [3.8, 4) is 0 Å². The number of rotatable bonds is 2. The second-order valence-corrected chi connectivity index (χ2v) is 5.29. The van der Waals surface area contributed by atoms with Gasteiger partial charge in [-0.2, -0.15) is 0 Å². The highest BCUT2D eigenvalue weighted by Crippen LogP contribution is 2.29. The van der Waals surface area contributed by atoms with Gasteiger partial charge < -0.3 is 10.2 Å². The standard InChI is InChI=1S/C18H15N3O/c22-16(13-6-2-1-3-7-13)12-17-20-15-9-5-4-8-14(15)18-19-10-11-21(17)18/h1-9,12,20H,10-11H2/b17-12+. The molecule has 0 spiro atoms. The highest BCUT2D eigenvalue weighted by atomic mass is 16.1. The van der Waals surface area contributed by atoms with Gasteiger partial charge in [-0.1, -0.05) is 42.5 Å². The number of nitrogens with one attached hydrogen (secondary N) is 1. The molecule has 1 N–H and O–H groups in total. The third-order valence-electron chi connectivity index (χ3n) is 3.89. The van der Waals surface area contributed by atoms with Crippen molar-refractivity contribution < 1.29 is 4.79 Å². The Morgan fingerprint density at radius 2 is 1.86 bits per heavy atom. The van der Waals surface area contributed by atoms with Crippen molar-refractivity contribution in [1.82, 2.24) is 4.90 Å². The van der Waals surface area contributed by atoms with Gasteiger partial charge in [0, 0.05) is 23.7 Å². The maximum atomic E-state index is 12.4. The van der Waals surface area contributed by atoms with E-state index < -0.39 is 0 Å².